The summed E-state index contributed by atoms with van der Waals surface area (Å²) < 4.78 is 0. The smallest absolute Gasteiger partial charge is 0.251 e. The summed E-state index contributed by atoms with van der Waals surface area (Å²) in [7, 11) is 1.84. The summed E-state index contributed by atoms with van der Waals surface area (Å²) in [6, 6.07) is 7.79. The lowest BCUT2D eigenvalue weighted by atomic mass is 10.1. The molecule has 0 radical (unpaired) electrons. The van der Waals surface area contributed by atoms with Gasteiger partial charge in [0.05, 0.1) is 0 Å². The van der Waals surface area contributed by atoms with E-state index in [0.29, 0.717) is 29.8 Å². The van der Waals surface area contributed by atoms with Crippen LogP contribution in [0, 0.1) is 5.92 Å². The van der Waals surface area contributed by atoms with Crippen molar-refractivity contribution in [1.29, 1.82) is 0 Å². The lowest BCUT2D eigenvalue weighted by molar-refractivity contribution is 0.0953. The Morgan fingerprint density at radius 3 is 2.81 bits per heavy atom. The van der Waals surface area contributed by atoms with Crippen LogP contribution in [0.2, 0.25) is 0 Å². The van der Waals surface area contributed by atoms with Crippen LogP contribution in [-0.2, 0) is 6.54 Å². The number of nitrogens with zero attached hydrogens (tertiary/aromatic N) is 2. The van der Waals surface area contributed by atoms with Gasteiger partial charge in [0.25, 0.3) is 5.91 Å². The molecule has 1 atom stereocenters. The molecule has 0 aromatic heterocycles. The number of rotatable bonds is 6. The molecule has 0 bridgehead atoms. The molecule has 1 amide bonds. The summed E-state index contributed by atoms with van der Waals surface area (Å²) >= 11 is 2.06. The Kier molecular flexibility index (Phi) is 11.1. The number of carbonyl (C=O) groups excluding carboxylic acids is 1. The second-order valence-corrected chi connectivity index (χ2v) is 8.30. The zero-order chi connectivity index (χ0) is 18.9. The number of carbonyl (C=O) groups is 1. The maximum absolute atomic E-state index is 12.1. The van der Waals surface area contributed by atoms with E-state index in [9.17, 15) is 4.79 Å². The van der Waals surface area contributed by atoms with Gasteiger partial charge in [0.1, 0.15) is 0 Å². The predicted octanol–water partition coefficient (Wildman–Crippen LogP) is 3.59. The molecule has 1 aromatic rings. The minimum absolute atomic E-state index is 0. The van der Waals surface area contributed by atoms with Gasteiger partial charge < -0.3 is 15.5 Å². The fourth-order valence-corrected chi connectivity index (χ4v) is 4.25. The molecule has 2 rings (SSSR count). The largest absolute Gasteiger partial charge is 0.352 e. The van der Waals surface area contributed by atoms with Crippen LogP contribution in [-0.4, -0.2) is 54.5 Å². The van der Waals surface area contributed by atoms with Gasteiger partial charge in [-0.05, 0) is 30.0 Å². The van der Waals surface area contributed by atoms with E-state index in [1.165, 1.54) is 0 Å². The zero-order valence-corrected chi connectivity index (χ0v) is 20.0. The van der Waals surface area contributed by atoms with Gasteiger partial charge in [-0.3, -0.25) is 9.79 Å². The molecule has 0 spiro atoms. The van der Waals surface area contributed by atoms with Gasteiger partial charge in [-0.25, -0.2) is 0 Å². The van der Waals surface area contributed by atoms with Crippen LogP contribution in [0.3, 0.4) is 0 Å². The molecular weight excluding hydrogens is 471 g/mol. The quantitative estimate of drug-likeness (QED) is 0.353. The molecule has 5 nitrogen and oxygen atoms in total. The number of aliphatic imine (C=N–C) groups is 1. The van der Waals surface area contributed by atoms with Crippen molar-refractivity contribution in [3.63, 3.8) is 0 Å². The first kappa shape index (κ1) is 24.1. The number of halogens is 1. The number of hydrogen-bond acceptors (Lipinski definition) is 3. The lowest BCUT2D eigenvalue weighted by Gasteiger charge is -2.36. The molecule has 0 aliphatic carbocycles. The molecule has 27 heavy (non-hydrogen) atoms. The van der Waals surface area contributed by atoms with E-state index in [4.69, 9.17) is 0 Å². The Bertz CT molecular complexity index is 624. The van der Waals surface area contributed by atoms with Crippen molar-refractivity contribution in [1.82, 2.24) is 15.5 Å². The van der Waals surface area contributed by atoms with Crippen molar-refractivity contribution < 1.29 is 4.79 Å². The SMILES string of the molecule is CCCNC(=O)c1cccc(CNC(=NC)N2CCSC(C(C)C)C2)c1.I. The van der Waals surface area contributed by atoms with Crippen molar-refractivity contribution in [2.24, 2.45) is 10.9 Å². The van der Waals surface area contributed by atoms with Crippen LogP contribution in [0.4, 0.5) is 0 Å². The van der Waals surface area contributed by atoms with Crippen LogP contribution in [0.1, 0.15) is 43.1 Å². The number of benzene rings is 1. The van der Waals surface area contributed by atoms with E-state index in [2.05, 4.69) is 53.1 Å². The minimum Gasteiger partial charge on any atom is -0.352 e. The molecule has 2 N–H and O–H groups in total. The second kappa shape index (κ2) is 12.5. The molecule has 1 saturated heterocycles. The maximum Gasteiger partial charge on any atom is 0.251 e. The average Bonchev–Trinajstić information content (AvgIpc) is 2.67. The van der Waals surface area contributed by atoms with Crippen LogP contribution in [0.15, 0.2) is 29.3 Å². The van der Waals surface area contributed by atoms with Crippen LogP contribution >= 0.6 is 35.7 Å². The molecule has 1 fully saturated rings. The molecule has 7 heteroatoms. The standard InChI is InChI=1S/C20H32N4OS.HI/c1-5-9-22-19(25)17-8-6-7-16(12-17)13-23-20(21-4)24-10-11-26-18(14-24)15(2)3;/h6-8,12,15,18H,5,9-11,13-14H2,1-4H3,(H,21,23)(H,22,25);1H. The van der Waals surface area contributed by atoms with E-state index < -0.39 is 0 Å². The number of thioether (sulfide) groups is 1. The van der Waals surface area contributed by atoms with Crippen molar-refractivity contribution >= 4 is 47.6 Å². The fourth-order valence-electron chi connectivity index (χ4n) is 2.95. The van der Waals surface area contributed by atoms with E-state index >= 15 is 0 Å². The van der Waals surface area contributed by atoms with Crippen molar-refractivity contribution in [3.8, 4) is 0 Å². The number of hydrogen-bond donors (Lipinski definition) is 2. The highest BCUT2D eigenvalue weighted by Gasteiger charge is 2.24. The Morgan fingerprint density at radius 2 is 2.15 bits per heavy atom. The highest BCUT2D eigenvalue weighted by Crippen LogP contribution is 2.24. The third-order valence-electron chi connectivity index (χ3n) is 4.52. The number of amides is 1. The average molecular weight is 504 g/mol. The molecule has 152 valence electrons. The lowest BCUT2D eigenvalue weighted by Crippen LogP contribution is -2.48. The van der Waals surface area contributed by atoms with Crippen molar-refractivity contribution in [3.05, 3.63) is 35.4 Å². The third kappa shape index (κ3) is 7.52. The van der Waals surface area contributed by atoms with Gasteiger partial charge in [0.15, 0.2) is 5.96 Å². The van der Waals surface area contributed by atoms with Gasteiger partial charge in [0.2, 0.25) is 0 Å². The highest BCUT2D eigenvalue weighted by atomic mass is 127. The van der Waals surface area contributed by atoms with E-state index in [0.717, 1.165) is 36.8 Å². The Balaban J connectivity index is 0.00000364. The molecule has 0 saturated carbocycles. The summed E-state index contributed by atoms with van der Waals surface area (Å²) in [5, 5.41) is 7.03. The predicted molar refractivity (Wildman–Crippen MR) is 127 cm³/mol. The Morgan fingerprint density at radius 1 is 1.37 bits per heavy atom. The van der Waals surface area contributed by atoms with Crippen molar-refractivity contribution in [2.45, 2.75) is 39.0 Å². The van der Waals surface area contributed by atoms with Gasteiger partial charge in [-0.15, -0.1) is 24.0 Å². The second-order valence-electron chi connectivity index (χ2n) is 6.96. The van der Waals surface area contributed by atoms with Crippen molar-refractivity contribution in [2.75, 3.05) is 32.4 Å². The van der Waals surface area contributed by atoms with Gasteiger partial charge >= 0.3 is 0 Å². The van der Waals surface area contributed by atoms with Gasteiger partial charge in [-0.1, -0.05) is 32.9 Å². The van der Waals surface area contributed by atoms with Crippen LogP contribution < -0.4 is 10.6 Å². The van der Waals surface area contributed by atoms with Crippen LogP contribution in [0.25, 0.3) is 0 Å². The summed E-state index contributed by atoms with van der Waals surface area (Å²) in [6.45, 7) is 10.0. The molecule has 1 aromatic carbocycles. The van der Waals surface area contributed by atoms with E-state index in [1.807, 2.05) is 31.3 Å². The minimum atomic E-state index is -0.00841. The molecular formula is C20H33IN4OS. The summed E-state index contributed by atoms with van der Waals surface area (Å²) in [6.07, 6.45) is 0.939. The van der Waals surface area contributed by atoms with E-state index in [1.54, 1.807) is 0 Å². The highest BCUT2D eigenvalue weighted by molar-refractivity contribution is 14.0. The first-order valence-corrected chi connectivity index (χ1v) is 10.5. The number of guanidine groups is 1. The maximum atomic E-state index is 12.1. The first-order chi connectivity index (χ1) is 12.5. The molecule has 1 aliphatic rings. The summed E-state index contributed by atoms with van der Waals surface area (Å²) in [5.74, 6) is 2.73. The van der Waals surface area contributed by atoms with Crippen LogP contribution in [0.5, 0.6) is 0 Å². The van der Waals surface area contributed by atoms with Gasteiger partial charge in [0, 0.05) is 49.8 Å². The fraction of sp³-hybridized carbons (Fsp3) is 0.600. The molecule has 1 aliphatic heterocycles. The number of nitrogens with one attached hydrogen (secondary N) is 2. The molecule has 1 heterocycles. The van der Waals surface area contributed by atoms with Gasteiger partial charge in [-0.2, -0.15) is 11.8 Å². The Labute approximate surface area is 185 Å². The summed E-state index contributed by atoms with van der Waals surface area (Å²) in [5.41, 5.74) is 1.80. The monoisotopic (exact) mass is 504 g/mol. The van der Waals surface area contributed by atoms with E-state index in [-0.39, 0.29) is 29.9 Å². The zero-order valence-electron chi connectivity index (χ0n) is 16.8. The topological polar surface area (TPSA) is 56.7 Å². The molecule has 1 unspecified atom stereocenters. The third-order valence-corrected chi connectivity index (χ3v) is 6.06. The first-order valence-electron chi connectivity index (χ1n) is 9.49. The Hall–Kier alpha value is -0.960. The summed E-state index contributed by atoms with van der Waals surface area (Å²) in [4.78, 5) is 18.9. The normalized spacial score (nSPS) is 17.4.